The highest BCUT2D eigenvalue weighted by Gasteiger charge is 2.37. The first-order chi connectivity index (χ1) is 9.48. The van der Waals surface area contributed by atoms with E-state index in [4.69, 9.17) is 14.2 Å². The molecule has 1 aliphatic rings. The summed E-state index contributed by atoms with van der Waals surface area (Å²) in [5.74, 6) is 0.404. The molecule has 1 fully saturated rings. The summed E-state index contributed by atoms with van der Waals surface area (Å²) in [7, 11) is 0. The maximum atomic E-state index is 6.04. The van der Waals surface area contributed by atoms with Gasteiger partial charge in [-0.3, -0.25) is 0 Å². The molecular weight excluding hydrogens is 252 g/mol. The summed E-state index contributed by atoms with van der Waals surface area (Å²) < 4.78 is 17.6. The summed E-state index contributed by atoms with van der Waals surface area (Å²) in [6.07, 6.45) is 0.0995. The fraction of sp³-hybridized carbons (Fsp3) is 0.647. The van der Waals surface area contributed by atoms with Crippen LogP contribution in [0.4, 0.5) is 0 Å². The zero-order valence-corrected chi connectivity index (χ0v) is 13.0. The van der Waals surface area contributed by atoms with Gasteiger partial charge in [-0.05, 0) is 25.3 Å². The maximum Gasteiger partial charge on any atom is 0.163 e. The predicted molar refractivity (Wildman–Crippen MR) is 79.3 cm³/mol. The van der Waals surface area contributed by atoms with Gasteiger partial charge in [-0.25, -0.2) is 0 Å². The Balaban J connectivity index is 1.87. The minimum absolute atomic E-state index is 0.0995. The van der Waals surface area contributed by atoms with Crippen LogP contribution in [0.1, 0.15) is 33.3 Å². The molecule has 1 aliphatic heterocycles. The third kappa shape index (κ3) is 4.30. The van der Waals surface area contributed by atoms with Gasteiger partial charge in [0.05, 0.1) is 25.9 Å². The summed E-state index contributed by atoms with van der Waals surface area (Å²) in [6.45, 7) is 10.3. The first-order valence-corrected chi connectivity index (χ1v) is 7.41. The Bertz CT molecular complexity index is 400. The summed E-state index contributed by atoms with van der Waals surface area (Å²) in [5.41, 5.74) is 1.19. The van der Waals surface area contributed by atoms with E-state index in [2.05, 4.69) is 26.0 Å². The topological polar surface area (TPSA) is 27.7 Å². The Morgan fingerprint density at radius 1 is 1.25 bits per heavy atom. The van der Waals surface area contributed by atoms with E-state index in [1.165, 1.54) is 5.56 Å². The van der Waals surface area contributed by atoms with Crippen LogP contribution in [-0.4, -0.2) is 25.1 Å². The van der Waals surface area contributed by atoms with Crippen molar-refractivity contribution in [1.29, 1.82) is 0 Å². The molecule has 0 N–H and O–H groups in total. The van der Waals surface area contributed by atoms with Crippen LogP contribution in [-0.2, 0) is 20.8 Å². The van der Waals surface area contributed by atoms with Crippen molar-refractivity contribution in [2.45, 2.75) is 46.2 Å². The number of hydrogen-bond acceptors (Lipinski definition) is 3. The largest absolute Gasteiger partial charge is 0.374 e. The molecule has 1 heterocycles. The minimum Gasteiger partial charge on any atom is -0.374 e. The van der Waals surface area contributed by atoms with Crippen LogP contribution in [0.3, 0.4) is 0 Å². The van der Waals surface area contributed by atoms with Crippen LogP contribution in [0.5, 0.6) is 0 Å². The van der Waals surface area contributed by atoms with E-state index in [1.54, 1.807) is 0 Å². The van der Waals surface area contributed by atoms with Crippen LogP contribution >= 0.6 is 0 Å². The Morgan fingerprint density at radius 3 is 2.60 bits per heavy atom. The molecule has 0 bridgehead atoms. The zero-order valence-electron chi connectivity index (χ0n) is 13.0. The van der Waals surface area contributed by atoms with Gasteiger partial charge in [0.1, 0.15) is 0 Å². The molecule has 0 spiro atoms. The smallest absolute Gasteiger partial charge is 0.163 e. The number of ether oxygens (including phenoxy) is 3. The summed E-state index contributed by atoms with van der Waals surface area (Å²) in [5, 5.41) is 0. The van der Waals surface area contributed by atoms with E-state index >= 15 is 0 Å². The summed E-state index contributed by atoms with van der Waals surface area (Å²) in [6, 6.07) is 10.2. The predicted octanol–water partition coefficient (Wildman–Crippen LogP) is 3.63. The molecule has 1 aromatic rings. The molecule has 2 atom stereocenters. The fourth-order valence-electron chi connectivity index (χ4n) is 2.54. The quantitative estimate of drug-likeness (QED) is 0.823. The van der Waals surface area contributed by atoms with Crippen molar-refractivity contribution >= 4 is 0 Å². The van der Waals surface area contributed by atoms with Crippen molar-refractivity contribution in [3.8, 4) is 0 Å². The first kappa shape index (κ1) is 15.5. The Kier molecular flexibility index (Phi) is 5.19. The highest BCUT2D eigenvalue weighted by molar-refractivity contribution is 5.13. The fourth-order valence-corrected chi connectivity index (χ4v) is 2.54. The standard InChI is InChI=1S/C17H26O3/c1-13(2)15-11-19-17(3,4)20-16(15)12-18-10-14-8-6-5-7-9-14/h5-9,13,15-16H,10-12H2,1-4H3/t15-,16-/m1/s1. The summed E-state index contributed by atoms with van der Waals surface area (Å²) >= 11 is 0. The molecule has 112 valence electrons. The van der Waals surface area contributed by atoms with Crippen LogP contribution in [0.25, 0.3) is 0 Å². The molecular formula is C17H26O3. The van der Waals surface area contributed by atoms with Crippen LogP contribution < -0.4 is 0 Å². The van der Waals surface area contributed by atoms with Crippen molar-refractivity contribution in [2.24, 2.45) is 11.8 Å². The molecule has 0 amide bonds. The number of benzene rings is 1. The van der Waals surface area contributed by atoms with Crippen LogP contribution in [0.2, 0.25) is 0 Å². The third-order valence-corrected chi connectivity index (χ3v) is 3.79. The lowest BCUT2D eigenvalue weighted by atomic mass is 9.90. The molecule has 3 heteroatoms. The van der Waals surface area contributed by atoms with E-state index in [-0.39, 0.29) is 6.10 Å². The minimum atomic E-state index is -0.508. The average Bonchev–Trinajstić information content (AvgIpc) is 2.38. The lowest BCUT2D eigenvalue weighted by Gasteiger charge is -2.42. The highest BCUT2D eigenvalue weighted by atomic mass is 16.7. The Morgan fingerprint density at radius 2 is 1.95 bits per heavy atom. The van der Waals surface area contributed by atoms with Gasteiger partial charge < -0.3 is 14.2 Å². The SMILES string of the molecule is CC(C)[C@H]1COC(C)(C)O[C@@H]1COCc1ccccc1. The molecule has 0 unspecified atom stereocenters. The van der Waals surface area contributed by atoms with Gasteiger partial charge in [-0.1, -0.05) is 44.2 Å². The van der Waals surface area contributed by atoms with Gasteiger partial charge in [0.2, 0.25) is 0 Å². The molecule has 3 nitrogen and oxygen atoms in total. The van der Waals surface area contributed by atoms with E-state index in [1.807, 2.05) is 32.0 Å². The Labute approximate surface area is 122 Å². The van der Waals surface area contributed by atoms with Gasteiger partial charge >= 0.3 is 0 Å². The second-order valence-electron chi connectivity index (χ2n) is 6.28. The number of rotatable bonds is 5. The molecule has 2 rings (SSSR count). The zero-order chi connectivity index (χ0) is 14.6. The van der Waals surface area contributed by atoms with Gasteiger partial charge in [0, 0.05) is 5.92 Å². The maximum absolute atomic E-state index is 6.04. The Hall–Kier alpha value is -0.900. The van der Waals surface area contributed by atoms with E-state index in [0.29, 0.717) is 25.0 Å². The molecule has 0 aromatic heterocycles. The number of hydrogen-bond donors (Lipinski definition) is 0. The third-order valence-electron chi connectivity index (χ3n) is 3.79. The lowest BCUT2D eigenvalue weighted by Crippen LogP contribution is -2.49. The molecule has 20 heavy (non-hydrogen) atoms. The van der Waals surface area contributed by atoms with Crippen LogP contribution in [0, 0.1) is 11.8 Å². The van der Waals surface area contributed by atoms with Crippen molar-refractivity contribution in [3.05, 3.63) is 35.9 Å². The second-order valence-corrected chi connectivity index (χ2v) is 6.28. The molecule has 0 radical (unpaired) electrons. The van der Waals surface area contributed by atoms with Gasteiger partial charge in [-0.2, -0.15) is 0 Å². The van der Waals surface area contributed by atoms with Crippen molar-refractivity contribution < 1.29 is 14.2 Å². The molecule has 1 aromatic carbocycles. The first-order valence-electron chi connectivity index (χ1n) is 7.41. The van der Waals surface area contributed by atoms with Crippen LogP contribution in [0.15, 0.2) is 30.3 Å². The van der Waals surface area contributed by atoms with E-state index < -0.39 is 5.79 Å². The highest BCUT2D eigenvalue weighted by Crippen LogP contribution is 2.30. The molecule has 0 aliphatic carbocycles. The van der Waals surface area contributed by atoms with Crippen molar-refractivity contribution in [3.63, 3.8) is 0 Å². The second kappa shape index (κ2) is 6.70. The average molecular weight is 278 g/mol. The van der Waals surface area contributed by atoms with Crippen molar-refractivity contribution in [2.75, 3.05) is 13.2 Å². The molecule has 0 saturated carbocycles. The molecule has 1 saturated heterocycles. The lowest BCUT2D eigenvalue weighted by molar-refractivity contribution is -0.305. The van der Waals surface area contributed by atoms with Gasteiger partial charge in [0.15, 0.2) is 5.79 Å². The summed E-state index contributed by atoms with van der Waals surface area (Å²) in [4.78, 5) is 0. The van der Waals surface area contributed by atoms with Gasteiger partial charge in [-0.15, -0.1) is 0 Å². The van der Waals surface area contributed by atoms with Gasteiger partial charge in [0.25, 0.3) is 0 Å². The van der Waals surface area contributed by atoms with Crippen molar-refractivity contribution in [1.82, 2.24) is 0 Å². The monoisotopic (exact) mass is 278 g/mol. The van der Waals surface area contributed by atoms with E-state index in [0.717, 1.165) is 6.61 Å². The van der Waals surface area contributed by atoms with E-state index in [9.17, 15) is 0 Å². The normalized spacial score (nSPS) is 25.9.